The van der Waals surface area contributed by atoms with E-state index < -0.39 is 12.1 Å². The second-order valence-electron chi connectivity index (χ2n) is 20.5. The van der Waals surface area contributed by atoms with Crippen molar-refractivity contribution >= 4 is 23.9 Å². The number of aromatic amines is 2. The lowest BCUT2D eigenvalue weighted by Gasteiger charge is -2.34. The van der Waals surface area contributed by atoms with Gasteiger partial charge in [-0.3, -0.25) is 9.59 Å². The number of piperazine rings is 2. The maximum absolute atomic E-state index is 14.5. The summed E-state index contributed by atoms with van der Waals surface area (Å²) in [5.41, 5.74) is 8.92. The summed E-state index contributed by atoms with van der Waals surface area (Å²) in [5, 5.41) is 6.18. The van der Waals surface area contributed by atoms with E-state index >= 15 is 0 Å². The number of H-pyrrole nitrogens is 2. The Bertz CT molecular complexity index is 2820. The Balaban J connectivity index is 0.754. The van der Waals surface area contributed by atoms with Crippen molar-refractivity contribution in [2.24, 2.45) is 0 Å². The van der Waals surface area contributed by atoms with Crippen molar-refractivity contribution in [2.75, 3.05) is 79.5 Å². The largest absolute Gasteiger partial charge is 0.488 e. The molecule has 0 spiro atoms. The third kappa shape index (κ3) is 9.10. The van der Waals surface area contributed by atoms with E-state index in [4.69, 9.17) is 19.4 Å². The van der Waals surface area contributed by atoms with Gasteiger partial charge in [-0.1, -0.05) is 60.7 Å². The van der Waals surface area contributed by atoms with E-state index in [-0.39, 0.29) is 36.0 Å². The highest BCUT2D eigenvalue weighted by molar-refractivity contribution is 5.91. The van der Waals surface area contributed by atoms with Crippen molar-refractivity contribution in [1.82, 2.24) is 60.0 Å². The van der Waals surface area contributed by atoms with Crippen LogP contribution in [-0.2, 0) is 22.8 Å². The lowest BCUT2D eigenvalue weighted by Crippen LogP contribution is -2.53. The van der Waals surface area contributed by atoms with Crippen LogP contribution in [0, 0.1) is 0 Å². The average Bonchev–Trinajstić information content (AvgIpc) is 4.30. The van der Waals surface area contributed by atoms with Crippen molar-refractivity contribution in [1.29, 1.82) is 0 Å². The number of ether oxygens (including phenoxy) is 2. The molecule has 18 heteroatoms. The van der Waals surface area contributed by atoms with Crippen molar-refractivity contribution in [3.05, 3.63) is 131 Å². The van der Waals surface area contributed by atoms with Gasteiger partial charge in [0, 0.05) is 98.8 Å². The quantitative estimate of drug-likeness (QED) is 0.116. The Labute approximate surface area is 430 Å². The summed E-state index contributed by atoms with van der Waals surface area (Å²) in [4.78, 5) is 84.7. The van der Waals surface area contributed by atoms with Crippen LogP contribution in [0.1, 0.15) is 83.8 Å². The zero-order chi connectivity index (χ0) is 50.5. The predicted molar refractivity (Wildman–Crippen MR) is 277 cm³/mol. The number of likely N-dealkylation sites (N-methyl/N-ethyl adjacent to an activating group) is 2. The van der Waals surface area contributed by atoms with Gasteiger partial charge in [-0.25, -0.2) is 19.6 Å². The molecule has 0 unspecified atom stereocenters. The number of benzene rings is 4. The second kappa shape index (κ2) is 20.0. The number of hydrogen-bond donors (Lipinski definition) is 4. The molecule has 12 rings (SSSR count). The predicted octanol–water partition coefficient (Wildman–Crippen LogP) is 6.64. The van der Waals surface area contributed by atoms with Gasteiger partial charge in [0.25, 0.3) is 0 Å². The fourth-order valence-corrected chi connectivity index (χ4v) is 11.6. The van der Waals surface area contributed by atoms with Gasteiger partial charge in [0.15, 0.2) is 0 Å². The van der Waals surface area contributed by atoms with Gasteiger partial charge < -0.3 is 59.5 Å². The molecule has 0 bridgehead atoms. The minimum absolute atomic E-state index is 0.155. The number of nitrogens with one attached hydrogen (secondary N) is 4. The minimum atomic E-state index is -0.834. The fourth-order valence-electron chi connectivity index (χ4n) is 11.6. The molecule has 4 fully saturated rings. The van der Waals surface area contributed by atoms with Gasteiger partial charge in [0.05, 0.1) is 35.9 Å². The summed E-state index contributed by atoms with van der Waals surface area (Å²) < 4.78 is 13.1. The van der Waals surface area contributed by atoms with E-state index in [2.05, 4.69) is 54.7 Å². The first-order chi connectivity index (χ1) is 36.1. The van der Waals surface area contributed by atoms with Crippen molar-refractivity contribution < 1.29 is 28.7 Å². The first-order valence-electron chi connectivity index (χ1n) is 26.0. The molecule has 4 atom stereocenters. The molecule has 2 aromatic heterocycles. The van der Waals surface area contributed by atoms with Crippen LogP contribution < -0.4 is 20.1 Å². The van der Waals surface area contributed by atoms with Gasteiger partial charge in [-0.15, -0.1) is 0 Å². The molecule has 0 aliphatic carbocycles. The lowest BCUT2D eigenvalue weighted by molar-refractivity contribution is -0.135. The number of aromatic nitrogens is 4. The van der Waals surface area contributed by atoms with Crippen LogP contribution in [-0.4, -0.2) is 153 Å². The van der Waals surface area contributed by atoms with E-state index in [0.717, 1.165) is 119 Å². The first kappa shape index (κ1) is 47.3. The molecule has 6 aliphatic heterocycles. The number of carbonyl (C=O) groups excluding carboxylic acids is 4. The average molecular weight is 999 g/mol. The highest BCUT2D eigenvalue weighted by Crippen LogP contribution is 2.51. The SMILES string of the molecule is CN1CCN(C(=O)N[C@@H](C(=O)N2CCC[C@H]2c2ncc(-c3cc4c5c(c3)OCc3cc(-c6cnc([C@@H]7CCCN7C(=O)[C@H](NC(=O)N7CCN(C)CC7)c7ccccc7)[nH]6)cc(c3-5)OC4)[nH]2)c2ccccc2)CC1. The number of urea groups is 2. The number of imidazole rings is 2. The molecule has 6 amide bonds. The van der Waals surface area contributed by atoms with E-state index in [1.807, 2.05) is 97.0 Å². The topological polar surface area (TPSA) is 188 Å². The Morgan fingerprint density at radius 3 is 1.36 bits per heavy atom. The van der Waals surface area contributed by atoms with Crippen molar-refractivity contribution in [3.8, 4) is 45.1 Å². The molecule has 4 saturated heterocycles. The summed E-state index contributed by atoms with van der Waals surface area (Å²) in [6.07, 6.45) is 6.76. The van der Waals surface area contributed by atoms with Crippen LogP contribution in [0.2, 0.25) is 0 Å². The monoisotopic (exact) mass is 998 g/mol. The molecule has 0 saturated carbocycles. The molecule has 4 N–H and O–H groups in total. The van der Waals surface area contributed by atoms with Gasteiger partial charge in [0.1, 0.15) is 48.4 Å². The molecule has 6 aromatic rings. The number of rotatable bonds is 10. The van der Waals surface area contributed by atoms with Gasteiger partial charge in [-0.05, 0) is 75.2 Å². The number of carbonyl (C=O) groups is 4. The van der Waals surface area contributed by atoms with Crippen LogP contribution in [0.5, 0.6) is 11.5 Å². The second-order valence-corrected chi connectivity index (χ2v) is 20.5. The van der Waals surface area contributed by atoms with Gasteiger partial charge >= 0.3 is 12.1 Å². The lowest BCUT2D eigenvalue weighted by atomic mass is 9.87. The number of hydrogen-bond acceptors (Lipinski definition) is 10. The summed E-state index contributed by atoms with van der Waals surface area (Å²) in [5.74, 6) is 2.61. The maximum Gasteiger partial charge on any atom is 0.318 e. The number of amides is 6. The van der Waals surface area contributed by atoms with E-state index in [9.17, 15) is 19.2 Å². The summed E-state index contributed by atoms with van der Waals surface area (Å²) in [6.45, 7) is 7.35. The van der Waals surface area contributed by atoms with E-state index in [0.29, 0.717) is 64.1 Å². The maximum atomic E-state index is 14.5. The molecule has 0 radical (unpaired) electrons. The highest BCUT2D eigenvalue weighted by Gasteiger charge is 2.40. The molecule has 74 heavy (non-hydrogen) atoms. The van der Waals surface area contributed by atoms with Gasteiger partial charge in [0.2, 0.25) is 11.8 Å². The third-order valence-electron chi connectivity index (χ3n) is 15.8. The standard InChI is InChI=1S/C56H62N12O6/c1-63-19-23-65(24-20-63)55(71)61-49(35-11-5-3-6-12-35)53(69)67-17-9-15-43(67)51-57-31-41(59-51)37-27-39-33-74-46-30-38(28-40-34-73-45(29-37)47(39)48(40)46)42-32-58-52(60-42)44-16-10-18-68(44)54(70)50(36-13-7-4-8-14-36)62-56(72)66-25-21-64(2)22-26-66/h3-8,11-14,27-32,43-44,49-50H,9-10,15-26,33-34H2,1-2H3,(H,57,59)(H,58,60)(H,61,71)(H,62,72)/t43-,44-,49+,50+/m0/s1. The highest BCUT2D eigenvalue weighted by atomic mass is 16.5. The smallest absolute Gasteiger partial charge is 0.318 e. The first-order valence-corrected chi connectivity index (χ1v) is 26.0. The minimum Gasteiger partial charge on any atom is -0.488 e. The Kier molecular flexibility index (Phi) is 12.8. The molecule has 4 aromatic carbocycles. The number of likely N-dealkylation sites (tertiary alicyclic amines) is 2. The molecular formula is C56H62N12O6. The van der Waals surface area contributed by atoms with Crippen molar-refractivity contribution in [3.63, 3.8) is 0 Å². The molecule has 8 heterocycles. The third-order valence-corrected chi connectivity index (χ3v) is 15.8. The van der Waals surface area contributed by atoms with Crippen LogP contribution in [0.4, 0.5) is 9.59 Å². The molecular weight excluding hydrogens is 937 g/mol. The van der Waals surface area contributed by atoms with Crippen LogP contribution in [0.15, 0.2) is 97.3 Å². The Morgan fingerprint density at radius 1 is 0.554 bits per heavy atom. The van der Waals surface area contributed by atoms with Crippen LogP contribution >= 0.6 is 0 Å². The van der Waals surface area contributed by atoms with E-state index in [1.165, 1.54) is 0 Å². The summed E-state index contributed by atoms with van der Waals surface area (Å²) >= 11 is 0. The van der Waals surface area contributed by atoms with Gasteiger partial charge in [-0.2, -0.15) is 0 Å². The summed E-state index contributed by atoms with van der Waals surface area (Å²) in [6, 6.07) is 24.6. The Morgan fingerprint density at radius 2 is 0.959 bits per heavy atom. The zero-order valence-corrected chi connectivity index (χ0v) is 41.9. The van der Waals surface area contributed by atoms with Crippen LogP contribution in [0.25, 0.3) is 33.6 Å². The normalized spacial score (nSPS) is 20.4. The summed E-state index contributed by atoms with van der Waals surface area (Å²) in [7, 11) is 4.09. The number of nitrogens with zero attached hydrogens (tertiary/aromatic N) is 8. The fraction of sp³-hybridized carbons (Fsp3) is 0.393. The van der Waals surface area contributed by atoms with E-state index in [1.54, 1.807) is 9.80 Å². The zero-order valence-electron chi connectivity index (χ0n) is 41.9. The molecule has 18 nitrogen and oxygen atoms in total. The molecule has 382 valence electrons. The molecule has 6 aliphatic rings. The Hall–Kier alpha value is -7.70. The van der Waals surface area contributed by atoms with Crippen molar-refractivity contribution in [2.45, 2.75) is 63.1 Å². The van der Waals surface area contributed by atoms with Crippen LogP contribution in [0.3, 0.4) is 0 Å².